The fourth-order valence-electron chi connectivity index (χ4n) is 2.92. The SMILES string of the molecule is CCCCCCCCC(=O)N1CCCC(CCO)C1. The lowest BCUT2D eigenvalue weighted by molar-refractivity contribution is -0.133. The fraction of sp³-hybridized carbons (Fsp3) is 0.938. The lowest BCUT2D eigenvalue weighted by atomic mass is 9.95. The molecule has 1 rings (SSSR count). The Morgan fingerprint density at radius 2 is 1.95 bits per heavy atom. The van der Waals surface area contributed by atoms with Gasteiger partial charge < -0.3 is 10.0 Å². The van der Waals surface area contributed by atoms with Crippen LogP contribution in [0.5, 0.6) is 0 Å². The molecular formula is C16H31NO2. The number of hydrogen-bond acceptors (Lipinski definition) is 2. The van der Waals surface area contributed by atoms with Crippen LogP contribution < -0.4 is 0 Å². The van der Waals surface area contributed by atoms with Gasteiger partial charge in [-0.3, -0.25) is 4.79 Å². The summed E-state index contributed by atoms with van der Waals surface area (Å²) in [6, 6.07) is 0. The molecule has 1 saturated heterocycles. The Kier molecular flexibility index (Phi) is 8.89. The van der Waals surface area contributed by atoms with Crippen molar-refractivity contribution in [2.24, 2.45) is 5.92 Å². The first kappa shape index (κ1) is 16.5. The van der Waals surface area contributed by atoms with Crippen LogP contribution in [-0.4, -0.2) is 35.6 Å². The summed E-state index contributed by atoms with van der Waals surface area (Å²) in [5.41, 5.74) is 0. The van der Waals surface area contributed by atoms with Crippen molar-refractivity contribution in [3.63, 3.8) is 0 Å². The minimum atomic E-state index is 0.254. The number of aliphatic hydroxyl groups excluding tert-OH is 1. The van der Waals surface area contributed by atoms with Gasteiger partial charge in [-0.25, -0.2) is 0 Å². The Bertz CT molecular complexity index is 241. The molecular weight excluding hydrogens is 238 g/mol. The zero-order valence-corrected chi connectivity index (χ0v) is 12.6. The van der Waals surface area contributed by atoms with Crippen LogP contribution in [0.1, 0.15) is 71.1 Å². The average molecular weight is 269 g/mol. The van der Waals surface area contributed by atoms with E-state index in [9.17, 15) is 4.79 Å². The van der Waals surface area contributed by atoms with Crippen molar-refractivity contribution in [2.45, 2.75) is 71.1 Å². The van der Waals surface area contributed by atoms with Crippen molar-refractivity contribution in [3.8, 4) is 0 Å². The van der Waals surface area contributed by atoms with E-state index in [4.69, 9.17) is 5.11 Å². The maximum atomic E-state index is 12.1. The number of likely N-dealkylation sites (tertiary alicyclic amines) is 1. The van der Waals surface area contributed by atoms with E-state index in [1.54, 1.807) is 0 Å². The second-order valence-electron chi connectivity index (χ2n) is 5.88. The molecule has 1 heterocycles. The predicted molar refractivity (Wildman–Crippen MR) is 79.0 cm³/mol. The summed E-state index contributed by atoms with van der Waals surface area (Å²) in [7, 11) is 0. The van der Waals surface area contributed by atoms with E-state index in [2.05, 4.69) is 6.92 Å². The lowest BCUT2D eigenvalue weighted by Crippen LogP contribution is -2.40. The maximum Gasteiger partial charge on any atom is 0.222 e. The first-order valence-electron chi connectivity index (χ1n) is 8.16. The summed E-state index contributed by atoms with van der Waals surface area (Å²) < 4.78 is 0. The molecule has 3 heteroatoms. The highest BCUT2D eigenvalue weighted by atomic mass is 16.3. The van der Waals surface area contributed by atoms with Gasteiger partial charge in [0.05, 0.1) is 0 Å². The standard InChI is InChI=1S/C16H31NO2/c1-2-3-4-5-6-7-10-16(19)17-12-8-9-15(14-17)11-13-18/h15,18H,2-14H2,1H3. The number of hydrogen-bond donors (Lipinski definition) is 1. The van der Waals surface area contributed by atoms with Crippen LogP contribution in [0.3, 0.4) is 0 Å². The van der Waals surface area contributed by atoms with Crippen LogP contribution in [-0.2, 0) is 4.79 Å². The number of carbonyl (C=O) groups excluding carboxylic acids is 1. The molecule has 3 nitrogen and oxygen atoms in total. The van der Waals surface area contributed by atoms with Crippen LogP contribution in [0.25, 0.3) is 0 Å². The molecule has 1 aliphatic heterocycles. The van der Waals surface area contributed by atoms with Crippen molar-refractivity contribution in [1.29, 1.82) is 0 Å². The molecule has 0 bridgehead atoms. The molecule has 112 valence electrons. The van der Waals surface area contributed by atoms with Gasteiger partial charge in [0, 0.05) is 26.1 Å². The van der Waals surface area contributed by atoms with E-state index >= 15 is 0 Å². The van der Waals surface area contributed by atoms with Crippen molar-refractivity contribution >= 4 is 5.91 Å². The minimum absolute atomic E-state index is 0.254. The van der Waals surface area contributed by atoms with E-state index in [-0.39, 0.29) is 6.61 Å². The highest BCUT2D eigenvalue weighted by molar-refractivity contribution is 5.76. The third kappa shape index (κ3) is 6.95. The Hall–Kier alpha value is -0.570. The van der Waals surface area contributed by atoms with Gasteiger partial charge in [0.1, 0.15) is 0 Å². The van der Waals surface area contributed by atoms with Gasteiger partial charge in [0.2, 0.25) is 5.91 Å². The van der Waals surface area contributed by atoms with E-state index in [1.807, 2.05) is 4.90 Å². The highest BCUT2D eigenvalue weighted by Gasteiger charge is 2.22. The van der Waals surface area contributed by atoms with Gasteiger partial charge in [-0.05, 0) is 31.6 Å². The van der Waals surface area contributed by atoms with Gasteiger partial charge in [0.15, 0.2) is 0 Å². The zero-order chi connectivity index (χ0) is 13.9. The Morgan fingerprint density at radius 3 is 2.68 bits per heavy atom. The van der Waals surface area contributed by atoms with Crippen LogP contribution in [0.2, 0.25) is 0 Å². The van der Waals surface area contributed by atoms with Gasteiger partial charge in [0.25, 0.3) is 0 Å². The molecule has 0 spiro atoms. The summed E-state index contributed by atoms with van der Waals surface area (Å²) >= 11 is 0. The first-order valence-corrected chi connectivity index (χ1v) is 8.16. The fourth-order valence-corrected chi connectivity index (χ4v) is 2.92. The van der Waals surface area contributed by atoms with Gasteiger partial charge in [-0.15, -0.1) is 0 Å². The monoisotopic (exact) mass is 269 g/mol. The van der Waals surface area contributed by atoms with Crippen molar-refractivity contribution in [2.75, 3.05) is 19.7 Å². The summed E-state index contributed by atoms with van der Waals surface area (Å²) in [6.07, 6.45) is 11.3. The number of nitrogens with zero attached hydrogens (tertiary/aromatic N) is 1. The second kappa shape index (κ2) is 10.2. The number of piperidine rings is 1. The first-order chi connectivity index (χ1) is 9.27. The smallest absolute Gasteiger partial charge is 0.222 e. The lowest BCUT2D eigenvalue weighted by Gasteiger charge is -2.32. The minimum Gasteiger partial charge on any atom is -0.396 e. The number of rotatable bonds is 9. The summed E-state index contributed by atoms with van der Waals surface area (Å²) in [5, 5.41) is 8.98. The summed E-state index contributed by atoms with van der Waals surface area (Å²) in [6.45, 7) is 4.28. The molecule has 1 amide bonds. The average Bonchev–Trinajstić information content (AvgIpc) is 2.43. The second-order valence-corrected chi connectivity index (χ2v) is 5.88. The maximum absolute atomic E-state index is 12.1. The number of amides is 1. The molecule has 0 aromatic rings. The van der Waals surface area contributed by atoms with E-state index in [1.165, 1.54) is 38.5 Å². The molecule has 1 N–H and O–H groups in total. The van der Waals surface area contributed by atoms with Crippen molar-refractivity contribution in [1.82, 2.24) is 4.90 Å². The molecule has 0 aromatic heterocycles. The quantitative estimate of drug-likeness (QED) is 0.652. The van der Waals surface area contributed by atoms with Crippen LogP contribution in [0, 0.1) is 5.92 Å². The number of carbonyl (C=O) groups is 1. The molecule has 1 atom stereocenters. The molecule has 1 unspecified atom stereocenters. The van der Waals surface area contributed by atoms with Gasteiger partial charge >= 0.3 is 0 Å². The highest BCUT2D eigenvalue weighted by Crippen LogP contribution is 2.20. The normalized spacial score (nSPS) is 19.7. The van der Waals surface area contributed by atoms with Gasteiger partial charge in [-0.1, -0.05) is 39.0 Å². The molecule has 0 aromatic carbocycles. The van der Waals surface area contributed by atoms with Crippen LogP contribution >= 0.6 is 0 Å². The van der Waals surface area contributed by atoms with E-state index < -0.39 is 0 Å². The van der Waals surface area contributed by atoms with E-state index in [0.717, 1.165) is 38.8 Å². The molecule has 0 saturated carbocycles. The van der Waals surface area contributed by atoms with E-state index in [0.29, 0.717) is 11.8 Å². The van der Waals surface area contributed by atoms with Gasteiger partial charge in [-0.2, -0.15) is 0 Å². The summed E-state index contributed by atoms with van der Waals surface area (Å²) in [5.74, 6) is 0.852. The number of unbranched alkanes of at least 4 members (excludes halogenated alkanes) is 5. The van der Waals surface area contributed by atoms with Crippen molar-refractivity contribution < 1.29 is 9.90 Å². The van der Waals surface area contributed by atoms with Crippen LogP contribution in [0.4, 0.5) is 0 Å². The molecule has 0 aliphatic carbocycles. The molecule has 1 fully saturated rings. The topological polar surface area (TPSA) is 40.5 Å². The number of aliphatic hydroxyl groups is 1. The predicted octanol–water partition coefficient (Wildman–Crippen LogP) is 3.36. The molecule has 19 heavy (non-hydrogen) atoms. The Balaban J connectivity index is 2.11. The zero-order valence-electron chi connectivity index (χ0n) is 12.6. The third-order valence-corrected chi connectivity index (χ3v) is 4.15. The summed E-state index contributed by atoms with van der Waals surface area (Å²) in [4.78, 5) is 14.1. The largest absolute Gasteiger partial charge is 0.396 e. The molecule has 0 radical (unpaired) electrons. The van der Waals surface area contributed by atoms with Crippen molar-refractivity contribution in [3.05, 3.63) is 0 Å². The molecule has 1 aliphatic rings. The third-order valence-electron chi connectivity index (χ3n) is 4.15. The Morgan fingerprint density at radius 1 is 1.21 bits per heavy atom. The van der Waals surface area contributed by atoms with Crippen LogP contribution in [0.15, 0.2) is 0 Å². The Labute approximate surface area is 118 Å².